The second-order valence-corrected chi connectivity index (χ2v) is 4.53. The van der Waals surface area contributed by atoms with Gasteiger partial charge in [0.1, 0.15) is 0 Å². The van der Waals surface area contributed by atoms with Crippen molar-refractivity contribution in [2.45, 2.75) is 32.6 Å². The van der Waals surface area contributed by atoms with Gasteiger partial charge in [0.25, 0.3) is 0 Å². The Morgan fingerprint density at radius 3 is 2.89 bits per heavy atom. The smallest absolute Gasteiger partial charge is 0.307 e. The Morgan fingerprint density at radius 1 is 1.39 bits per heavy atom. The number of anilines is 1. The zero-order valence-electron chi connectivity index (χ0n) is 10.6. The van der Waals surface area contributed by atoms with Gasteiger partial charge < -0.3 is 5.32 Å². The molecular formula is C14H19N3O. The minimum absolute atomic E-state index is 0.282. The van der Waals surface area contributed by atoms with Crippen LogP contribution in [0.3, 0.4) is 0 Å². The monoisotopic (exact) mass is 245 g/mol. The van der Waals surface area contributed by atoms with E-state index in [-0.39, 0.29) is 6.03 Å². The van der Waals surface area contributed by atoms with Gasteiger partial charge in [-0.15, -0.1) is 0 Å². The molecule has 0 bridgehead atoms. The van der Waals surface area contributed by atoms with Crippen LogP contribution >= 0.6 is 0 Å². The van der Waals surface area contributed by atoms with E-state index in [0.29, 0.717) is 5.92 Å². The van der Waals surface area contributed by atoms with Gasteiger partial charge in [-0.2, -0.15) is 5.10 Å². The lowest BCUT2D eigenvalue weighted by Crippen LogP contribution is -2.26. The Labute approximate surface area is 107 Å². The zero-order valence-corrected chi connectivity index (χ0v) is 10.6. The van der Waals surface area contributed by atoms with E-state index in [2.05, 4.69) is 22.8 Å². The van der Waals surface area contributed by atoms with Crippen LogP contribution in [-0.2, 0) is 0 Å². The number of urea groups is 1. The predicted octanol–water partition coefficient (Wildman–Crippen LogP) is 3.37. The fraction of sp³-hybridized carbons (Fsp3) is 0.429. The van der Waals surface area contributed by atoms with E-state index in [9.17, 15) is 4.79 Å². The standard InChI is InChI=1S/C14H19N3O/c1-2-11-7-6-10-13(11)16-17-14(18)15-12-8-4-3-5-9-12/h3-5,8-9,11H,2,6-7,10H2,1H3,(H2,15,17,18). The first-order valence-corrected chi connectivity index (χ1v) is 6.48. The molecule has 2 amide bonds. The lowest BCUT2D eigenvalue weighted by atomic mass is 10.0. The van der Waals surface area contributed by atoms with E-state index in [0.717, 1.165) is 24.2 Å². The SMILES string of the molecule is CCC1CCCC1=NNC(=O)Nc1ccccc1. The summed E-state index contributed by atoms with van der Waals surface area (Å²) >= 11 is 0. The minimum Gasteiger partial charge on any atom is -0.307 e. The number of carbonyl (C=O) groups excluding carboxylic acids is 1. The van der Waals surface area contributed by atoms with Gasteiger partial charge in [0.2, 0.25) is 0 Å². The summed E-state index contributed by atoms with van der Waals surface area (Å²) in [6, 6.07) is 9.08. The first kappa shape index (κ1) is 12.6. The molecule has 96 valence electrons. The maximum Gasteiger partial charge on any atom is 0.339 e. The number of hydrazone groups is 1. The van der Waals surface area contributed by atoms with E-state index >= 15 is 0 Å². The Balaban J connectivity index is 1.87. The van der Waals surface area contributed by atoms with E-state index in [4.69, 9.17) is 0 Å². The van der Waals surface area contributed by atoms with E-state index < -0.39 is 0 Å². The normalized spacial score (nSPS) is 20.9. The average molecular weight is 245 g/mol. The average Bonchev–Trinajstić information content (AvgIpc) is 2.85. The maximum atomic E-state index is 11.6. The number of nitrogens with zero attached hydrogens (tertiary/aromatic N) is 1. The molecule has 0 aromatic heterocycles. The fourth-order valence-corrected chi connectivity index (χ4v) is 2.29. The summed E-state index contributed by atoms with van der Waals surface area (Å²) in [5, 5.41) is 6.97. The van der Waals surface area contributed by atoms with Crippen LogP contribution in [0.5, 0.6) is 0 Å². The number of nitrogens with one attached hydrogen (secondary N) is 2. The van der Waals surface area contributed by atoms with Gasteiger partial charge >= 0.3 is 6.03 Å². The molecule has 1 aliphatic rings. The molecule has 0 heterocycles. The van der Waals surface area contributed by atoms with Crippen molar-refractivity contribution in [1.82, 2.24) is 5.43 Å². The van der Waals surface area contributed by atoms with Crippen molar-refractivity contribution in [3.8, 4) is 0 Å². The van der Waals surface area contributed by atoms with Gasteiger partial charge in [-0.25, -0.2) is 10.2 Å². The van der Waals surface area contributed by atoms with Crippen molar-refractivity contribution in [1.29, 1.82) is 0 Å². The molecule has 2 N–H and O–H groups in total. The maximum absolute atomic E-state index is 11.6. The Hall–Kier alpha value is -1.84. The summed E-state index contributed by atoms with van der Waals surface area (Å²) in [6.45, 7) is 2.16. The Bertz CT molecular complexity index is 428. The van der Waals surface area contributed by atoms with Crippen molar-refractivity contribution in [3.05, 3.63) is 30.3 Å². The fourth-order valence-electron chi connectivity index (χ4n) is 2.29. The number of amides is 2. The number of rotatable bonds is 3. The molecule has 0 spiro atoms. The molecule has 1 saturated carbocycles. The zero-order chi connectivity index (χ0) is 12.8. The molecule has 4 heteroatoms. The molecule has 1 aliphatic carbocycles. The van der Waals surface area contributed by atoms with Gasteiger partial charge in [0.05, 0.1) is 0 Å². The predicted molar refractivity (Wildman–Crippen MR) is 73.7 cm³/mol. The van der Waals surface area contributed by atoms with Crippen molar-refractivity contribution in [2.24, 2.45) is 11.0 Å². The number of benzene rings is 1. The van der Waals surface area contributed by atoms with Gasteiger partial charge in [0.15, 0.2) is 0 Å². The highest BCUT2D eigenvalue weighted by atomic mass is 16.2. The second kappa shape index (κ2) is 6.19. The summed E-state index contributed by atoms with van der Waals surface area (Å²) in [7, 11) is 0. The summed E-state index contributed by atoms with van der Waals surface area (Å²) in [5.74, 6) is 0.544. The van der Waals surface area contributed by atoms with Gasteiger partial charge in [0, 0.05) is 11.4 Å². The van der Waals surface area contributed by atoms with Crippen LogP contribution in [0.1, 0.15) is 32.6 Å². The van der Waals surface area contributed by atoms with Crippen molar-refractivity contribution in [3.63, 3.8) is 0 Å². The summed E-state index contributed by atoms with van der Waals surface area (Å²) < 4.78 is 0. The van der Waals surface area contributed by atoms with Crippen molar-refractivity contribution in [2.75, 3.05) is 5.32 Å². The van der Waals surface area contributed by atoms with Crippen molar-refractivity contribution < 1.29 is 4.79 Å². The Kier molecular flexibility index (Phi) is 4.34. The molecule has 1 atom stereocenters. The highest BCUT2D eigenvalue weighted by molar-refractivity contribution is 5.92. The van der Waals surface area contributed by atoms with Gasteiger partial charge in [-0.05, 0) is 43.7 Å². The van der Waals surface area contributed by atoms with Gasteiger partial charge in [-0.1, -0.05) is 25.1 Å². The largest absolute Gasteiger partial charge is 0.339 e. The first-order chi connectivity index (χ1) is 8.79. The van der Waals surface area contributed by atoms with E-state index in [1.165, 1.54) is 12.8 Å². The number of carbonyl (C=O) groups is 1. The second-order valence-electron chi connectivity index (χ2n) is 4.53. The summed E-state index contributed by atoms with van der Waals surface area (Å²) in [4.78, 5) is 11.6. The molecule has 4 nitrogen and oxygen atoms in total. The lowest BCUT2D eigenvalue weighted by Gasteiger charge is -2.08. The van der Waals surface area contributed by atoms with Crippen LogP contribution in [0, 0.1) is 5.92 Å². The number of para-hydroxylation sites is 1. The van der Waals surface area contributed by atoms with Gasteiger partial charge in [-0.3, -0.25) is 0 Å². The third-order valence-corrected chi connectivity index (χ3v) is 3.28. The van der Waals surface area contributed by atoms with Crippen LogP contribution < -0.4 is 10.7 Å². The topological polar surface area (TPSA) is 53.5 Å². The first-order valence-electron chi connectivity index (χ1n) is 6.48. The molecule has 0 saturated heterocycles. The molecule has 1 unspecified atom stereocenters. The van der Waals surface area contributed by atoms with E-state index in [1.807, 2.05) is 30.3 Å². The molecule has 0 aliphatic heterocycles. The van der Waals surface area contributed by atoms with Crippen LogP contribution in [0.4, 0.5) is 10.5 Å². The Morgan fingerprint density at radius 2 is 2.17 bits per heavy atom. The molecule has 1 fully saturated rings. The lowest BCUT2D eigenvalue weighted by molar-refractivity contribution is 0.252. The molecule has 1 aromatic rings. The summed E-state index contributed by atoms with van der Waals surface area (Å²) in [5.41, 5.74) is 4.47. The molecule has 18 heavy (non-hydrogen) atoms. The third-order valence-electron chi connectivity index (χ3n) is 3.28. The molecule has 0 radical (unpaired) electrons. The van der Waals surface area contributed by atoms with Crippen LogP contribution in [0.25, 0.3) is 0 Å². The molecule has 1 aromatic carbocycles. The highest BCUT2D eigenvalue weighted by Crippen LogP contribution is 2.24. The highest BCUT2D eigenvalue weighted by Gasteiger charge is 2.20. The van der Waals surface area contributed by atoms with Crippen LogP contribution in [0.2, 0.25) is 0 Å². The van der Waals surface area contributed by atoms with Crippen molar-refractivity contribution >= 4 is 17.4 Å². The van der Waals surface area contributed by atoms with Crippen LogP contribution in [-0.4, -0.2) is 11.7 Å². The third kappa shape index (κ3) is 3.32. The molecular weight excluding hydrogens is 226 g/mol. The molecule has 2 rings (SSSR count). The minimum atomic E-state index is -0.282. The van der Waals surface area contributed by atoms with Crippen LogP contribution in [0.15, 0.2) is 35.4 Å². The number of hydrogen-bond donors (Lipinski definition) is 2. The number of hydrogen-bond acceptors (Lipinski definition) is 2. The quantitative estimate of drug-likeness (QED) is 0.788. The van der Waals surface area contributed by atoms with E-state index in [1.54, 1.807) is 0 Å². The summed E-state index contributed by atoms with van der Waals surface area (Å²) in [6.07, 6.45) is 4.47.